The van der Waals surface area contributed by atoms with Crippen molar-refractivity contribution in [2.75, 3.05) is 6.61 Å². The molecule has 0 aliphatic heterocycles. The number of hydrogen-bond donors (Lipinski definition) is 0. The number of rotatable bonds is 7. The molecule has 0 aliphatic rings. The first-order chi connectivity index (χ1) is 7.72. The number of hydrogen-bond acceptors (Lipinski definition) is 1. The molecule has 1 rings (SSSR count). The summed E-state index contributed by atoms with van der Waals surface area (Å²) in [6.45, 7) is 8.74. The smallest absolute Gasteiger partial charge is 0.119 e. The van der Waals surface area contributed by atoms with Gasteiger partial charge in [0.15, 0.2) is 0 Å². The van der Waals surface area contributed by atoms with E-state index >= 15 is 0 Å². The van der Waals surface area contributed by atoms with Gasteiger partial charge in [0.05, 0.1) is 6.61 Å². The summed E-state index contributed by atoms with van der Waals surface area (Å²) in [5, 5.41) is 0. The van der Waals surface area contributed by atoms with Crippen LogP contribution in [0.25, 0.3) is 0 Å². The summed E-state index contributed by atoms with van der Waals surface area (Å²) in [7, 11) is 0. The highest BCUT2D eigenvalue weighted by Gasteiger charge is 1.96. The highest BCUT2D eigenvalue weighted by Crippen LogP contribution is 2.16. The average Bonchev–Trinajstić information content (AvgIpc) is 2.22. The molecule has 1 aromatic carbocycles. The van der Waals surface area contributed by atoms with Crippen LogP contribution < -0.4 is 4.74 Å². The van der Waals surface area contributed by atoms with Crippen LogP contribution in [0, 0.1) is 13.8 Å². The van der Waals surface area contributed by atoms with Gasteiger partial charge in [-0.05, 0) is 62.8 Å². The second kappa shape index (κ2) is 7.10. The van der Waals surface area contributed by atoms with Gasteiger partial charge in [-0.2, -0.15) is 0 Å². The Morgan fingerprint density at radius 2 is 1.75 bits per heavy atom. The quantitative estimate of drug-likeness (QED) is 0.486. The molecule has 1 heteroatoms. The second-order valence-corrected chi connectivity index (χ2v) is 4.31. The van der Waals surface area contributed by atoms with E-state index in [1.54, 1.807) is 0 Å². The Kier molecular flexibility index (Phi) is 5.69. The lowest BCUT2D eigenvalue weighted by molar-refractivity contribution is 0.305. The minimum atomic E-state index is 0.819. The van der Waals surface area contributed by atoms with Crippen molar-refractivity contribution in [2.24, 2.45) is 0 Å². The predicted molar refractivity (Wildman–Crippen MR) is 70.1 cm³/mol. The van der Waals surface area contributed by atoms with E-state index in [1.165, 1.54) is 24.0 Å². The molecule has 0 N–H and O–H groups in total. The maximum absolute atomic E-state index is 5.72. The van der Waals surface area contributed by atoms with Crippen molar-refractivity contribution in [3.8, 4) is 5.75 Å². The van der Waals surface area contributed by atoms with Gasteiger partial charge in [-0.3, -0.25) is 0 Å². The highest BCUT2D eigenvalue weighted by atomic mass is 16.5. The van der Waals surface area contributed by atoms with E-state index in [4.69, 9.17) is 4.74 Å². The first kappa shape index (κ1) is 12.8. The minimum Gasteiger partial charge on any atom is -0.494 e. The zero-order valence-electron chi connectivity index (χ0n) is 10.5. The van der Waals surface area contributed by atoms with Gasteiger partial charge in [-0.25, -0.2) is 0 Å². The van der Waals surface area contributed by atoms with Gasteiger partial charge in [0, 0.05) is 0 Å². The summed E-state index contributed by atoms with van der Waals surface area (Å²) in [5.74, 6) is 1.00. The molecular weight excluding hydrogens is 196 g/mol. The number of ether oxygens (including phenoxy) is 1. The van der Waals surface area contributed by atoms with Gasteiger partial charge < -0.3 is 4.74 Å². The van der Waals surface area contributed by atoms with Gasteiger partial charge in [0.1, 0.15) is 5.75 Å². The lowest BCUT2D eigenvalue weighted by atomic mass is 10.1. The third kappa shape index (κ3) is 5.01. The summed E-state index contributed by atoms with van der Waals surface area (Å²) in [5.41, 5.74) is 2.53. The number of unbranched alkanes of at least 4 members (excludes halogenated alkanes) is 3. The van der Waals surface area contributed by atoms with Crippen LogP contribution in [-0.4, -0.2) is 6.61 Å². The zero-order chi connectivity index (χ0) is 11.8. The number of benzene rings is 1. The molecular formula is C15H22O. The molecule has 0 amide bonds. The van der Waals surface area contributed by atoms with E-state index in [-0.39, 0.29) is 0 Å². The van der Waals surface area contributed by atoms with Crippen molar-refractivity contribution < 1.29 is 4.74 Å². The first-order valence-corrected chi connectivity index (χ1v) is 6.04. The van der Waals surface area contributed by atoms with E-state index in [0.29, 0.717) is 0 Å². The second-order valence-electron chi connectivity index (χ2n) is 4.31. The molecule has 1 aromatic rings. The summed E-state index contributed by atoms with van der Waals surface area (Å²) in [6, 6.07) is 6.35. The molecule has 0 atom stereocenters. The van der Waals surface area contributed by atoms with E-state index in [9.17, 15) is 0 Å². The maximum atomic E-state index is 5.72. The van der Waals surface area contributed by atoms with Gasteiger partial charge in [0.25, 0.3) is 0 Å². The Labute approximate surface area is 99.1 Å². The normalized spacial score (nSPS) is 10.1. The van der Waals surface area contributed by atoms with E-state index in [0.717, 1.165) is 25.2 Å². The molecule has 0 spiro atoms. The van der Waals surface area contributed by atoms with E-state index in [1.807, 2.05) is 6.08 Å². The molecule has 0 fully saturated rings. The van der Waals surface area contributed by atoms with Crippen molar-refractivity contribution in [2.45, 2.75) is 39.5 Å². The third-order valence-electron chi connectivity index (χ3n) is 2.52. The van der Waals surface area contributed by atoms with Crippen LogP contribution in [0.1, 0.15) is 36.8 Å². The average molecular weight is 218 g/mol. The molecule has 0 aliphatic carbocycles. The van der Waals surface area contributed by atoms with Crippen LogP contribution in [0.15, 0.2) is 30.9 Å². The van der Waals surface area contributed by atoms with Crippen molar-refractivity contribution >= 4 is 0 Å². The maximum Gasteiger partial charge on any atom is 0.119 e. The fourth-order valence-corrected chi connectivity index (χ4v) is 1.77. The Morgan fingerprint density at radius 3 is 2.38 bits per heavy atom. The summed E-state index contributed by atoms with van der Waals surface area (Å²) < 4.78 is 5.72. The SMILES string of the molecule is C=CCCCCCOc1cc(C)cc(C)c1. The van der Waals surface area contributed by atoms with Crippen LogP contribution in [0.2, 0.25) is 0 Å². The lowest BCUT2D eigenvalue weighted by Crippen LogP contribution is -1.97. The zero-order valence-corrected chi connectivity index (χ0v) is 10.5. The van der Waals surface area contributed by atoms with Gasteiger partial charge in [-0.15, -0.1) is 6.58 Å². The van der Waals surface area contributed by atoms with Crippen LogP contribution >= 0.6 is 0 Å². The summed E-state index contributed by atoms with van der Waals surface area (Å²) >= 11 is 0. The number of allylic oxidation sites excluding steroid dienone is 1. The molecule has 0 heterocycles. The Bertz CT molecular complexity index is 308. The largest absolute Gasteiger partial charge is 0.494 e. The Morgan fingerprint density at radius 1 is 1.06 bits per heavy atom. The standard InChI is InChI=1S/C15H22O/c1-4-5-6-7-8-9-16-15-11-13(2)10-14(3)12-15/h4,10-12H,1,5-9H2,2-3H3. The van der Waals surface area contributed by atoms with Crippen LogP contribution in [0.3, 0.4) is 0 Å². The number of aryl methyl sites for hydroxylation is 2. The molecule has 88 valence electrons. The van der Waals surface area contributed by atoms with Crippen molar-refractivity contribution in [3.05, 3.63) is 42.0 Å². The van der Waals surface area contributed by atoms with E-state index < -0.39 is 0 Å². The van der Waals surface area contributed by atoms with Crippen molar-refractivity contribution in [1.82, 2.24) is 0 Å². The first-order valence-electron chi connectivity index (χ1n) is 6.04. The van der Waals surface area contributed by atoms with Crippen molar-refractivity contribution in [1.29, 1.82) is 0 Å². The third-order valence-corrected chi connectivity index (χ3v) is 2.52. The van der Waals surface area contributed by atoms with Gasteiger partial charge >= 0.3 is 0 Å². The fraction of sp³-hybridized carbons (Fsp3) is 0.467. The molecule has 0 saturated carbocycles. The monoisotopic (exact) mass is 218 g/mol. The topological polar surface area (TPSA) is 9.23 Å². The van der Waals surface area contributed by atoms with Gasteiger partial charge in [0.2, 0.25) is 0 Å². The lowest BCUT2D eigenvalue weighted by Gasteiger charge is -2.07. The highest BCUT2D eigenvalue weighted by molar-refractivity contribution is 5.32. The predicted octanol–water partition coefficient (Wildman–Crippen LogP) is 4.43. The fourth-order valence-electron chi connectivity index (χ4n) is 1.77. The van der Waals surface area contributed by atoms with Crippen LogP contribution in [-0.2, 0) is 0 Å². The molecule has 1 nitrogen and oxygen atoms in total. The molecule has 0 saturated heterocycles. The van der Waals surface area contributed by atoms with Crippen LogP contribution in [0.5, 0.6) is 5.75 Å². The molecule has 0 unspecified atom stereocenters. The molecule has 0 aromatic heterocycles. The Balaban J connectivity index is 2.23. The van der Waals surface area contributed by atoms with Gasteiger partial charge in [-0.1, -0.05) is 12.1 Å². The minimum absolute atomic E-state index is 0.819. The Hall–Kier alpha value is -1.24. The molecule has 16 heavy (non-hydrogen) atoms. The molecule has 0 radical (unpaired) electrons. The summed E-state index contributed by atoms with van der Waals surface area (Å²) in [6.07, 6.45) is 6.66. The summed E-state index contributed by atoms with van der Waals surface area (Å²) in [4.78, 5) is 0. The van der Waals surface area contributed by atoms with E-state index in [2.05, 4.69) is 38.6 Å². The van der Waals surface area contributed by atoms with Crippen LogP contribution in [0.4, 0.5) is 0 Å². The van der Waals surface area contributed by atoms with Crippen molar-refractivity contribution in [3.63, 3.8) is 0 Å². The molecule has 0 bridgehead atoms.